The first kappa shape index (κ1) is 10.4. The third-order valence-electron chi connectivity index (χ3n) is 4.05. The van der Waals surface area contributed by atoms with E-state index in [1.165, 1.54) is 25.7 Å². The average Bonchev–Trinajstić information content (AvgIpc) is 2.91. The predicted octanol–water partition coefficient (Wildman–Crippen LogP) is 2.32. The number of ether oxygens (including phenoxy) is 1. The van der Waals surface area contributed by atoms with Gasteiger partial charge in [0.05, 0.1) is 6.10 Å². The highest BCUT2D eigenvalue weighted by Crippen LogP contribution is 2.45. The van der Waals surface area contributed by atoms with Crippen molar-refractivity contribution in [3.63, 3.8) is 0 Å². The molecule has 1 aliphatic carbocycles. The minimum absolute atomic E-state index is 0.0167. The average molecular weight is 197 g/mol. The lowest BCUT2D eigenvalue weighted by Crippen LogP contribution is -2.53. The van der Waals surface area contributed by atoms with Gasteiger partial charge in [0.2, 0.25) is 0 Å². The van der Waals surface area contributed by atoms with E-state index >= 15 is 0 Å². The highest BCUT2D eigenvalue weighted by Gasteiger charge is 2.50. The summed E-state index contributed by atoms with van der Waals surface area (Å²) in [7, 11) is 0. The van der Waals surface area contributed by atoms with Crippen LogP contribution in [0.4, 0.5) is 0 Å². The minimum atomic E-state index is -0.0167. The van der Waals surface area contributed by atoms with Crippen LogP contribution in [0.25, 0.3) is 0 Å². The Hall–Kier alpha value is -0.0800. The molecule has 0 aromatic carbocycles. The van der Waals surface area contributed by atoms with Crippen molar-refractivity contribution in [1.29, 1.82) is 0 Å². The molecular formula is C12H23NO. The molecule has 1 saturated heterocycles. The van der Waals surface area contributed by atoms with Gasteiger partial charge in [-0.1, -0.05) is 20.3 Å². The largest absolute Gasteiger partial charge is 0.376 e. The highest BCUT2D eigenvalue weighted by atomic mass is 16.5. The van der Waals surface area contributed by atoms with Crippen LogP contribution in [0.1, 0.15) is 46.0 Å². The van der Waals surface area contributed by atoms with Crippen molar-refractivity contribution in [3.8, 4) is 0 Å². The second kappa shape index (κ2) is 3.82. The van der Waals surface area contributed by atoms with Crippen LogP contribution < -0.4 is 5.73 Å². The van der Waals surface area contributed by atoms with Gasteiger partial charge in [0, 0.05) is 12.1 Å². The van der Waals surface area contributed by atoms with Crippen molar-refractivity contribution in [1.82, 2.24) is 0 Å². The number of nitrogens with two attached hydrogens (primary N) is 1. The highest BCUT2D eigenvalue weighted by molar-refractivity contribution is 5.05. The topological polar surface area (TPSA) is 35.2 Å². The molecule has 2 aliphatic rings. The van der Waals surface area contributed by atoms with Gasteiger partial charge in [-0.05, 0) is 37.5 Å². The van der Waals surface area contributed by atoms with Gasteiger partial charge in [-0.2, -0.15) is 0 Å². The third-order valence-corrected chi connectivity index (χ3v) is 4.05. The van der Waals surface area contributed by atoms with E-state index in [1.807, 2.05) is 0 Å². The Bertz CT molecular complexity index is 202. The number of hydrogen-bond acceptors (Lipinski definition) is 2. The molecule has 2 heteroatoms. The molecule has 0 bridgehead atoms. The maximum atomic E-state index is 6.55. The normalized spacial score (nSPS) is 40.1. The molecule has 3 atom stereocenters. The Morgan fingerprint density at radius 1 is 1.50 bits per heavy atom. The second-order valence-electron chi connectivity index (χ2n) is 5.18. The molecule has 2 rings (SSSR count). The Kier molecular flexibility index (Phi) is 2.85. The quantitative estimate of drug-likeness (QED) is 0.750. The molecular weight excluding hydrogens is 174 g/mol. The maximum absolute atomic E-state index is 6.55. The van der Waals surface area contributed by atoms with E-state index in [-0.39, 0.29) is 5.54 Å². The zero-order valence-electron chi connectivity index (χ0n) is 9.46. The lowest BCUT2D eigenvalue weighted by atomic mass is 9.76. The maximum Gasteiger partial charge on any atom is 0.0786 e. The molecule has 2 N–H and O–H groups in total. The van der Waals surface area contributed by atoms with E-state index < -0.39 is 0 Å². The van der Waals surface area contributed by atoms with Crippen LogP contribution in [0.2, 0.25) is 0 Å². The molecule has 0 aromatic rings. The lowest BCUT2D eigenvalue weighted by molar-refractivity contribution is 0.0444. The fourth-order valence-electron chi connectivity index (χ4n) is 2.86. The van der Waals surface area contributed by atoms with Gasteiger partial charge in [-0.15, -0.1) is 0 Å². The van der Waals surface area contributed by atoms with Crippen molar-refractivity contribution >= 4 is 0 Å². The molecule has 0 aromatic heterocycles. The molecule has 1 saturated carbocycles. The molecule has 14 heavy (non-hydrogen) atoms. The number of rotatable bonds is 4. The second-order valence-corrected chi connectivity index (χ2v) is 5.18. The van der Waals surface area contributed by atoms with Crippen LogP contribution in [-0.2, 0) is 4.74 Å². The molecule has 2 fully saturated rings. The van der Waals surface area contributed by atoms with E-state index in [2.05, 4.69) is 13.8 Å². The lowest BCUT2D eigenvalue weighted by Gasteiger charge is -2.36. The van der Waals surface area contributed by atoms with E-state index in [0.717, 1.165) is 18.9 Å². The summed E-state index contributed by atoms with van der Waals surface area (Å²) in [4.78, 5) is 0. The van der Waals surface area contributed by atoms with Crippen LogP contribution in [0, 0.1) is 11.8 Å². The minimum Gasteiger partial charge on any atom is -0.376 e. The zero-order chi connectivity index (χ0) is 10.2. The fraction of sp³-hybridized carbons (Fsp3) is 1.00. The van der Waals surface area contributed by atoms with E-state index in [1.54, 1.807) is 0 Å². The van der Waals surface area contributed by atoms with Crippen LogP contribution in [0.15, 0.2) is 0 Å². The van der Waals surface area contributed by atoms with Crippen molar-refractivity contribution in [2.24, 2.45) is 17.6 Å². The van der Waals surface area contributed by atoms with E-state index in [9.17, 15) is 0 Å². The summed E-state index contributed by atoms with van der Waals surface area (Å²) in [5.74, 6) is 1.39. The standard InChI is InChI=1S/C12H23NO/c1-3-4-9(2)12(13)7-8-14-11(12)10-5-6-10/h9-11H,3-8,13H2,1-2H3. The smallest absolute Gasteiger partial charge is 0.0786 e. The Morgan fingerprint density at radius 3 is 2.79 bits per heavy atom. The molecule has 0 radical (unpaired) electrons. The zero-order valence-corrected chi connectivity index (χ0v) is 9.46. The first-order valence-electron chi connectivity index (χ1n) is 6.09. The van der Waals surface area contributed by atoms with Crippen LogP contribution in [-0.4, -0.2) is 18.2 Å². The SMILES string of the molecule is CCCC(C)C1(N)CCOC1C1CC1. The summed E-state index contributed by atoms with van der Waals surface area (Å²) < 4.78 is 5.83. The summed E-state index contributed by atoms with van der Waals surface area (Å²) in [5, 5.41) is 0. The van der Waals surface area contributed by atoms with Crippen molar-refractivity contribution in [2.45, 2.75) is 57.6 Å². The fourth-order valence-corrected chi connectivity index (χ4v) is 2.86. The molecule has 3 unspecified atom stereocenters. The van der Waals surface area contributed by atoms with Crippen LogP contribution >= 0.6 is 0 Å². The Labute approximate surface area is 87.2 Å². The number of hydrogen-bond donors (Lipinski definition) is 1. The monoisotopic (exact) mass is 197 g/mol. The third kappa shape index (κ3) is 1.70. The summed E-state index contributed by atoms with van der Waals surface area (Å²) in [6.45, 7) is 5.42. The van der Waals surface area contributed by atoms with Gasteiger partial charge >= 0.3 is 0 Å². The van der Waals surface area contributed by atoms with E-state index in [0.29, 0.717) is 12.0 Å². The van der Waals surface area contributed by atoms with Gasteiger partial charge < -0.3 is 10.5 Å². The van der Waals surface area contributed by atoms with Gasteiger partial charge in [0.1, 0.15) is 0 Å². The first-order valence-corrected chi connectivity index (χ1v) is 6.09. The first-order chi connectivity index (χ1) is 6.68. The molecule has 1 aliphatic heterocycles. The van der Waals surface area contributed by atoms with Gasteiger partial charge in [0.25, 0.3) is 0 Å². The Balaban J connectivity index is 2.03. The summed E-state index contributed by atoms with van der Waals surface area (Å²) in [6.07, 6.45) is 6.57. The Morgan fingerprint density at radius 2 is 2.21 bits per heavy atom. The molecule has 0 spiro atoms. The predicted molar refractivity (Wildman–Crippen MR) is 58.1 cm³/mol. The van der Waals surface area contributed by atoms with Crippen LogP contribution in [0.5, 0.6) is 0 Å². The molecule has 2 nitrogen and oxygen atoms in total. The summed E-state index contributed by atoms with van der Waals surface area (Å²) in [6, 6.07) is 0. The molecule has 82 valence electrons. The van der Waals surface area contributed by atoms with Crippen molar-refractivity contribution < 1.29 is 4.74 Å². The van der Waals surface area contributed by atoms with Gasteiger partial charge in [-0.25, -0.2) is 0 Å². The van der Waals surface area contributed by atoms with Gasteiger partial charge in [-0.3, -0.25) is 0 Å². The van der Waals surface area contributed by atoms with Gasteiger partial charge in [0.15, 0.2) is 0 Å². The molecule has 1 heterocycles. The van der Waals surface area contributed by atoms with E-state index in [4.69, 9.17) is 10.5 Å². The summed E-state index contributed by atoms with van der Waals surface area (Å²) >= 11 is 0. The van der Waals surface area contributed by atoms with Crippen molar-refractivity contribution in [3.05, 3.63) is 0 Å². The molecule has 0 amide bonds. The van der Waals surface area contributed by atoms with Crippen LogP contribution in [0.3, 0.4) is 0 Å². The summed E-state index contributed by atoms with van der Waals surface area (Å²) in [5.41, 5.74) is 6.53. The van der Waals surface area contributed by atoms with Crippen molar-refractivity contribution in [2.75, 3.05) is 6.61 Å².